The predicted octanol–water partition coefficient (Wildman–Crippen LogP) is 4.61. The van der Waals surface area contributed by atoms with Crippen molar-refractivity contribution in [2.75, 3.05) is 17.2 Å². The number of H-pyrrole nitrogens is 1. The number of carbonyl (C=O) groups is 1. The summed E-state index contributed by atoms with van der Waals surface area (Å²) in [4.78, 5) is 19.3. The number of hydrogen-bond acceptors (Lipinski definition) is 6. The van der Waals surface area contributed by atoms with Crippen LogP contribution in [0.5, 0.6) is 5.75 Å². The lowest BCUT2D eigenvalue weighted by atomic mass is 10.2. The first-order valence-electron chi connectivity index (χ1n) is 11.3. The van der Waals surface area contributed by atoms with Crippen LogP contribution >= 0.6 is 0 Å². The SMILES string of the molecule is CCCCNC(=O)Nc1nc2cc(OS(=O)(=O)c3ccc(NC4CCCC4)cc3)ccc2[nH]1. The maximum Gasteiger partial charge on any atom is 0.339 e. The van der Waals surface area contributed by atoms with Gasteiger partial charge in [-0.15, -0.1) is 0 Å². The van der Waals surface area contributed by atoms with Crippen LogP contribution in [0.1, 0.15) is 45.4 Å². The Morgan fingerprint density at radius 2 is 1.91 bits per heavy atom. The van der Waals surface area contributed by atoms with Crippen LogP contribution in [0.3, 0.4) is 0 Å². The summed E-state index contributed by atoms with van der Waals surface area (Å²) in [7, 11) is -4.00. The molecule has 176 valence electrons. The molecule has 1 aromatic heterocycles. The quantitative estimate of drug-likeness (QED) is 0.267. The van der Waals surface area contributed by atoms with E-state index in [2.05, 4.69) is 25.9 Å². The number of imidazole rings is 1. The highest BCUT2D eigenvalue weighted by atomic mass is 32.2. The minimum Gasteiger partial charge on any atom is -0.382 e. The van der Waals surface area contributed by atoms with E-state index < -0.39 is 10.1 Å². The molecule has 9 nitrogen and oxygen atoms in total. The van der Waals surface area contributed by atoms with Crippen LogP contribution in [-0.2, 0) is 10.1 Å². The van der Waals surface area contributed by atoms with Gasteiger partial charge in [-0.05, 0) is 55.7 Å². The van der Waals surface area contributed by atoms with E-state index in [1.165, 1.54) is 18.9 Å². The fraction of sp³-hybridized carbons (Fsp3) is 0.391. The summed E-state index contributed by atoms with van der Waals surface area (Å²) in [5, 5.41) is 8.81. The number of aromatic nitrogens is 2. The Morgan fingerprint density at radius 3 is 2.64 bits per heavy atom. The fourth-order valence-corrected chi connectivity index (χ4v) is 4.75. The second-order valence-electron chi connectivity index (χ2n) is 8.19. The summed E-state index contributed by atoms with van der Waals surface area (Å²) in [6.45, 7) is 2.62. The molecular formula is C23H29N5O4S. The number of rotatable bonds is 9. The molecule has 3 aromatic rings. The van der Waals surface area contributed by atoms with E-state index in [1.807, 2.05) is 6.92 Å². The first kappa shape index (κ1) is 22.9. The molecule has 0 saturated heterocycles. The molecule has 4 rings (SSSR count). The number of fused-ring (bicyclic) bond motifs is 1. The second-order valence-corrected chi connectivity index (χ2v) is 9.73. The van der Waals surface area contributed by atoms with E-state index in [-0.39, 0.29) is 22.6 Å². The van der Waals surface area contributed by atoms with Crippen molar-refractivity contribution in [3.63, 3.8) is 0 Å². The van der Waals surface area contributed by atoms with Gasteiger partial charge in [-0.2, -0.15) is 8.42 Å². The Balaban J connectivity index is 1.41. The van der Waals surface area contributed by atoms with Crippen LogP contribution in [0.15, 0.2) is 47.4 Å². The lowest BCUT2D eigenvalue weighted by molar-refractivity contribution is 0.252. The van der Waals surface area contributed by atoms with Gasteiger partial charge in [0.05, 0.1) is 11.0 Å². The first-order chi connectivity index (χ1) is 15.9. The Labute approximate surface area is 193 Å². The van der Waals surface area contributed by atoms with Crippen LogP contribution in [-0.4, -0.2) is 37.0 Å². The maximum atomic E-state index is 12.7. The van der Waals surface area contributed by atoms with Crippen LogP contribution in [0.4, 0.5) is 16.4 Å². The summed E-state index contributed by atoms with van der Waals surface area (Å²) >= 11 is 0. The van der Waals surface area contributed by atoms with Gasteiger partial charge in [0, 0.05) is 24.3 Å². The van der Waals surface area contributed by atoms with Crippen molar-refractivity contribution in [3.8, 4) is 5.75 Å². The lowest BCUT2D eigenvalue weighted by Gasteiger charge is -2.14. The molecule has 0 spiro atoms. The van der Waals surface area contributed by atoms with Crippen molar-refractivity contribution in [2.24, 2.45) is 0 Å². The number of aromatic amines is 1. The highest BCUT2D eigenvalue weighted by Gasteiger charge is 2.19. The molecule has 2 aromatic carbocycles. The van der Waals surface area contributed by atoms with Crippen molar-refractivity contribution in [2.45, 2.75) is 56.4 Å². The number of urea groups is 1. The molecule has 4 N–H and O–H groups in total. The summed E-state index contributed by atoms with van der Waals surface area (Å²) in [5.74, 6) is 0.408. The number of anilines is 2. The highest BCUT2D eigenvalue weighted by Crippen LogP contribution is 2.26. The largest absolute Gasteiger partial charge is 0.382 e. The van der Waals surface area contributed by atoms with Gasteiger partial charge in [-0.25, -0.2) is 9.78 Å². The van der Waals surface area contributed by atoms with Crippen molar-refractivity contribution in [1.29, 1.82) is 0 Å². The van der Waals surface area contributed by atoms with Crippen LogP contribution < -0.4 is 20.1 Å². The maximum absolute atomic E-state index is 12.7. The first-order valence-corrected chi connectivity index (χ1v) is 12.7. The van der Waals surface area contributed by atoms with Crippen LogP contribution in [0.2, 0.25) is 0 Å². The van der Waals surface area contributed by atoms with Gasteiger partial charge in [-0.3, -0.25) is 5.32 Å². The van der Waals surface area contributed by atoms with E-state index in [1.54, 1.807) is 36.4 Å². The number of amides is 2. The third-order valence-electron chi connectivity index (χ3n) is 5.58. The molecule has 0 atom stereocenters. The molecule has 1 fully saturated rings. The summed E-state index contributed by atoms with van der Waals surface area (Å²) in [5.41, 5.74) is 2.02. The van der Waals surface area contributed by atoms with Gasteiger partial charge in [-0.1, -0.05) is 26.2 Å². The van der Waals surface area contributed by atoms with Gasteiger partial charge in [0.15, 0.2) is 0 Å². The van der Waals surface area contributed by atoms with Crippen molar-refractivity contribution >= 4 is 38.8 Å². The zero-order valence-corrected chi connectivity index (χ0v) is 19.4. The Bertz CT molecular complexity index is 1200. The molecule has 0 aliphatic heterocycles. The van der Waals surface area contributed by atoms with Crippen molar-refractivity contribution < 1.29 is 17.4 Å². The van der Waals surface area contributed by atoms with Gasteiger partial charge >= 0.3 is 16.1 Å². The highest BCUT2D eigenvalue weighted by molar-refractivity contribution is 7.87. The minimum atomic E-state index is -4.00. The van der Waals surface area contributed by atoms with E-state index in [4.69, 9.17) is 4.18 Å². The monoisotopic (exact) mass is 471 g/mol. The second kappa shape index (κ2) is 10.1. The third-order valence-corrected chi connectivity index (χ3v) is 6.84. The molecular weight excluding hydrogens is 442 g/mol. The Kier molecular flexibility index (Phi) is 7.02. The normalized spacial score (nSPS) is 14.3. The summed E-state index contributed by atoms with van der Waals surface area (Å²) in [6.07, 6.45) is 6.60. The number of nitrogens with zero attached hydrogens (tertiary/aromatic N) is 1. The zero-order valence-electron chi connectivity index (χ0n) is 18.6. The predicted molar refractivity (Wildman–Crippen MR) is 128 cm³/mol. The molecule has 1 aliphatic rings. The minimum absolute atomic E-state index is 0.0766. The molecule has 10 heteroatoms. The van der Waals surface area contributed by atoms with Crippen molar-refractivity contribution in [3.05, 3.63) is 42.5 Å². The summed E-state index contributed by atoms with van der Waals surface area (Å²) in [6, 6.07) is 11.4. The van der Waals surface area contributed by atoms with E-state index >= 15 is 0 Å². The Morgan fingerprint density at radius 1 is 1.15 bits per heavy atom. The smallest absolute Gasteiger partial charge is 0.339 e. The van der Waals surface area contributed by atoms with Gasteiger partial charge in [0.1, 0.15) is 10.6 Å². The molecule has 0 bridgehead atoms. The Hall–Kier alpha value is -3.27. The fourth-order valence-electron chi connectivity index (χ4n) is 3.83. The average molecular weight is 472 g/mol. The molecule has 0 radical (unpaired) electrons. The molecule has 2 amide bonds. The molecule has 1 aliphatic carbocycles. The molecule has 33 heavy (non-hydrogen) atoms. The van der Waals surface area contributed by atoms with Gasteiger partial charge in [0.25, 0.3) is 0 Å². The molecule has 1 saturated carbocycles. The van der Waals surface area contributed by atoms with Crippen LogP contribution in [0, 0.1) is 0 Å². The standard InChI is InChI=1S/C23H29N5O4S/c1-2-3-14-24-23(29)28-22-26-20-13-10-18(15-21(20)27-22)32-33(30,31)19-11-8-17(9-12-19)25-16-6-4-5-7-16/h8-13,15-16,25H,2-7,14H2,1H3,(H3,24,26,27,28,29). The van der Waals surface area contributed by atoms with E-state index in [9.17, 15) is 13.2 Å². The van der Waals surface area contributed by atoms with Crippen LogP contribution in [0.25, 0.3) is 11.0 Å². The third kappa shape index (κ3) is 5.95. The molecule has 0 unspecified atom stereocenters. The topological polar surface area (TPSA) is 125 Å². The average Bonchev–Trinajstić information content (AvgIpc) is 3.43. The summed E-state index contributed by atoms with van der Waals surface area (Å²) < 4.78 is 30.8. The van der Waals surface area contributed by atoms with E-state index in [0.717, 1.165) is 31.4 Å². The zero-order chi connectivity index (χ0) is 23.3. The number of hydrogen-bond donors (Lipinski definition) is 4. The molecule has 1 heterocycles. The van der Waals surface area contributed by atoms with Gasteiger partial charge in [0.2, 0.25) is 5.95 Å². The number of unbranched alkanes of at least 4 members (excludes halogenated alkanes) is 1. The number of carbonyl (C=O) groups excluding carboxylic acids is 1. The lowest BCUT2D eigenvalue weighted by Crippen LogP contribution is -2.29. The number of nitrogens with one attached hydrogen (secondary N) is 4. The van der Waals surface area contributed by atoms with Crippen molar-refractivity contribution in [1.82, 2.24) is 15.3 Å². The number of benzene rings is 2. The van der Waals surface area contributed by atoms with Gasteiger partial charge < -0.3 is 19.8 Å². The van der Waals surface area contributed by atoms with E-state index in [0.29, 0.717) is 23.6 Å².